The maximum Gasteiger partial charge on any atom is 0.0893 e. The van der Waals surface area contributed by atoms with Gasteiger partial charge in [0, 0.05) is 128 Å². The van der Waals surface area contributed by atoms with Crippen LogP contribution in [0.25, 0.3) is 95.4 Å². The van der Waals surface area contributed by atoms with Crippen molar-refractivity contribution >= 4 is 113 Å². The number of fused-ring (bicyclic) bond motifs is 12. The Kier molecular flexibility index (Phi) is 6.11. The fourth-order valence-corrected chi connectivity index (χ4v) is 24.5. The molecule has 2 atom stereocenters. The van der Waals surface area contributed by atoms with Gasteiger partial charge >= 0.3 is 0 Å². The zero-order valence-electron chi connectivity index (χ0n) is 27.1. The first-order valence-electron chi connectivity index (χ1n) is 16.7. The molecule has 8 nitrogen and oxygen atoms in total. The lowest BCUT2D eigenvalue weighted by molar-refractivity contribution is 1.28. The molecule has 12 rings (SSSR count). The van der Waals surface area contributed by atoms with Crippen LogP contribution in [-0.2, 0) is 0 Å². The fourth-order valence-electron chi connectivity index (χ4n) is 8.02. The molecule has 0 amide bonds. The molecule has 2 unspecified atom stereocenters. The van der Waals surface area contributed by atoms with Crippen molar-refractivity contribution in [2.45, 2.75) is 0 Å². The van der Waals surface area contributed by atoms with E-state index >= 15 is 0 Å². The molecule has 0 spiro atoms. The minimum Gasteiger partial charge on any atom is -0.264 e. The fraction of sp³-hybridized carbons (Fsp3) is 0. The van der Waals surface area contributed by atoms with Gasteiger partial charge in [0.05, 0.1) is 11.4 Å². The topological polar surface area (TPSA) is 103 Å². The largest absolute Gasteiger partial charge is 0.264 e. The Labute approximate surface area is 298 Å². The SMILES string of the molecule is c1cc2c3ccncc3p(-p3c4cnccc4c4cc(-c5cc6c7ccncc7p(-p7c8cnccc8c8ccncc87)c6cn5)ncc43)c2cn1. The molecule has 0 saturated carbocycles. The number of hydrogen-bond acceptors (Lipinski definition) is 8. The lowest BCUT2D eigenvalue weighted by atomic mass is 10.1. The van der Waals surface area contributed by atoms with E-state index in [2.05, 4.69) is 128 Å². The number of nitrogens with zero attached hydrogens (tertiary/aromatic N) is 8. The van der Waals surface area contributed by atoms with Crippen LogP contribution in [0, 0.1) is 0 Å². The molecule has 12 heterocycles. The molecule has 12 aromatic rings. The van der Waals surface area contributed by atoms with Crippen LogP contribution in [0.2, 0.25) is 0 Å². The van der Waals surface area contributed by atoms with Crippen LogP contribution in [-0.4, -0.2) is 39.9 Å². The molecule has 12 heteroatoms. The third-order valence-electron chi connectivity index (χ3n) is 10.2. The Balaban J connectivity index is 1.10. The molecule has 12 aromatic heterocycles. The van der Waals surface area contributed by atoms with Crippen LogP contribution >= 0.6 is 28.9 Å². The molecule has 0 saturated heterocycles. The van der Waals surface area contributed by atoms with E-state index in [1.807, 2.05) is 37.2 Å². The molecule has 0 aliphatic rings. The Bertz CT molecular complexity index is 3120. The van der Waals surface area contributed by atoms with Gasteiger partial charge in [0.1, 0.15) is 0 Å². The van der Waals surface area contributed by atoms with Crippen molar-refractivity contribution in [3.63, 3.8) is 0 Å². The van der Waals surface area contributed by atoms with Crippen molar-refractivity contribution in [3.05, 3.63) is 135 Å². The second kappa shape index (κ2) is 11.0. The first kappa shape index (κ1) is 29.0. The van der Waals surface area contributed by atoms with Crippen molar-refractivity contribution in [1.29, 1.82) is 0 Å². The van der Waals surface area contributed by atoms with Gasteiger partial charge in [-0.1, -0.05) is 28.9 Å². The highest BCUT2D eigenvalue weighted by Crippen LogP contribution is 2.73. The minimum absolute atomic E-state index is 0.761. The highest BCUT2D eigenvalue weighted by molar-refractivity contribution is 8.30. The van der Waals surface area contributed by atoms with E-state index in [4.69, 9.17) is 9.97 Å². The van der Waals surface area contributed by atoms with Crippen molar-refractivity contribution < 1.29 is 0 Å². The molecular weight excluding hydrogens is 716 g/mol. The van der Waals surface area contributed by atoms with Crippen molar-refractivity contribution in [3.8, 4) is 11.4 Å². The third kappa shape index (κ3) is 3.90. The molecule has 0 radical (unpaired) electrons. The van der Waals surface area contributed by atoms with Crippen molar-refractivity contribution in [1.82, 2.24) is 39.9 Å². The normalized spacial score (nSPS) is 12.9. The Morgan fingerprint density at radius 2 is 0.500 bits per heavy atom. The lowest BCUT2D eigenvalue weighted by Crippen LogP contribution is -1.86. The zero-order valence-corrected chi connectivity index (χ0v) is 30.6. The van der Waals surface area contributed by atoms with Crippen LogP contribution < -0.4 is 0 Å². The van der Waals surface area contributed by atoms with Gasteiger partial charge in [-0.2, -0.15) is 0 Å². The summed E-state index contributed by atoms with van der Waals surface area (Å²) in [5, 5.41) is 20.3. The molecule has 0 aromatic carbocycles. The first-order valence-corrected chi connectivity index (χ1v) is 23.5. The summed E-state index contributed by atoms with van der Waals surface area (Å²) in [6, 6.07) is 17.4. The molecule has 0 aliphatic heterocycles. The van der Waals surface area contributed by atoms with Crippen LogP contribution in [0.15, 0.2) is 135 Å². The number of hydrogen-bond donors (Lipinski definition) is 0. The van der Waals surface area contributed by atoms with Crippen LogP contribution in [0.5, 0.6) is 0 Å². The van der Waals surface area contributed by atoms with E-state index in [-0.39, 0.29) is 0 Å². The van der Waals surface area contributed by atoms with Gasteiger partial charge in [0.25, 0.3) is 0 Å². The quantitative estimate of drug-likeness (QED) is 0.176. The van der Waals surface area contributed by atoms with Gasteiger partial charge in [-0.25, -0.2) is 0 Å². The molecular formula is C40H22N8P4. The molecule has 242 valence electrons. The third-order valence-corrected chi connectivity index (χ3v) is 25.1. The molecule has 0 N–H and O–H groups in total. The Hall–Kier alpha value is -5.60. The highest BCUT2D eigenvalue weighted by atomic mass is 32.0. The smallest absolute Gasteiger partial charge is 0.0893 e. The summed E-state index contributed by atoms with van der Waals surface area (Å²) in [5.74, 6) is 0. The van der Waals surface area contributed by atoms with E-state index in [1.165, 1.54) is 84.0 Å². The summed E-state index contributed by atoms with van der Waals surface area (Å²) < 4.78 is 0. The van der Waals surface area contributed by atoms with Gasteiger partial charge in [-0.15, -0.1) is 0 Å². The Morgan fingerprint density at radius 1 is 0.269 bits per heavy atom. The van der Waals surface area contributed by atoms with Gasteiger partial charge in [-0.3, -0.25) is 39.9 Å². The van der Waals surface area contributed by atoms with Crippen LogP contribution in [0.1, 0.15) is 0 Å². The molecule has 0 aliphatic carbocycles. The van der Waals surface area contributed by atoms with E-state index in [9.17, 15) is 0 Å². The monoisotopic (exact) mass is 738 g/mol. The van der Waals surface area contributed by atoms with E-state index in [0.717, 1.165) is 11.4 Å². The predicted octanol–water partition coefficient (Wildman–Crippen LogP) is 12.3. The van der Waals surface area contributed by atoms with E-state index in [1.54, 1.807) is 0 Å². The summed E-state index contributed by atoms with van der Waals surface area (Å²) in [4.78, 5) is 37.9. The van der Waals surface area contributed by atoms with E-state index in [0.29, 0.717) is 0 Å². The summed E-state index contributed by atoms with van der Waals surface area (Å²) in [7, 11) is -3.12. The predicted molar refractivity (Wildman–Crippen MR) is 220 cm³/mol. The van der Waals surface area contributed by atoms with Crippen LogP contribution in [0.4, 0.5) is 0 Å². The van der Waals surface area contributed by atoms with Crippen LogP contribution in [0.3, 0.4) is 0 Å². The number of pyridine rings is 8. The second-order valence-corrected chi connectivity index (χ2v) is 23.9. The maximum absolute atomic E-state index is 5.17. The van der Waals surface area contributed by atoms with E-state index < -0.39 is 28.9 Å². The Morgan fingerprint density at radius 3 is 0.769 bits per heavy atom. The second-order valence-electron chi connectivity index (χ2n) is 12.8. The average Bonchev–Trinajstić information content (AvgIpc) is 3.92. The van der Waals surface area contributed by atoms with Gasteiger partial charge < -0.3 is 0 Å². The average molecular weight is 739 g/mol. The summed E-state index contributed by atoms with van der Waals surface area (Å²) >= 11 is 0. The minimum atomic E-state index is -0.798. The summed E-state index contributed by atoms with van der Waals surface area (Å²) in [5.41, 5.74) is 1.74. The first-order chi connectivity index (χ1) is 25.8. The van der Waals surface area contributed by atoms with Gasteiger partial charge in [-0.05, 0) is 91.6 Å². The van der Waals surface area contributed by atoms with Gasteiger partial charge in [0.2, 0.25) is 0 Å². The maximum atomic E-state index is 5.17. The van der Waals surface area contributed by atoms with Gasteiger partial charge in [0.15, 0.2) is 0 Å². The standard InChI is InChI=1S/C40H22N8P4/c1-7-41-15-33-23(1)24-2-8-42-16-34(24)49(33)51-37-19-45-11-5-27(37)29-13-31(47-21-39(29)51)32-14-30-28-6-12-46-20-38(28)52(40(30)22-48-32)50-35-17-43-9-3-25(35)26-4-10-44-18-36(26)50/h1-22H. The lowest BCUT2D eigenvalue weighted by Gasteiger charge is -2.07. The summed E-state index contributed by atoms with van der Waals surface area (Å²) in [6.45, 7) is 0. The highest BCUT2D eigenvalue weighted by Gasteiger charge is 2.23. The molecule has 0 fully saturated rings. The number of rotatable bonds is 3. The zero-order chi connectivity index (χ0) is 33.9. The van der Waals surface area contributed by atoms with Crippen molar-refractivity contribution in [2.75, 3.05) is 0 Å². The molecule has 52 heavy (non-hydrogen) atoms. The summed E-state index contributed by atoms with van der Waals surface area (Å²) in [6.07, 6.45) is 28.0. The van der Waals surface area contributed by atoms with Crippen molar-refractivity contribution in [2.24, 2.45) is 0 Å². The molecule has 0 bridgehead atoms. The number of aromatic nitrogens is 8.